The Morgan fingerprint density at radius 2 is 1.69 bits per heavy atom. The summed E-state index contributed by atoms with van der Waals surface area (Å²) in [5.74, 6) is -0.447. The number of carbonyl (C=O) groups is 2. The number of benzene rings is 3. The lowest BCUT2D eigenvalue weighted by Crippen LogP contribution is -2.45. The van der Waals surface area contributed by atoms with Crippen LogP contribution in [0.3, 0.4) is 0 Å². The van der Waals surface area contributed by atoms with Crippen LogP contribution in [-0.2, 0) is 17.9 Å². The lowest BCUT2D eigenvalue weighted by molar-refractivity contribution is -0.133. The van der Waals surface area contributed by atoms with E-state index in [0.29, 0.717) is 13.1 Å². The topological polar surface area (TPSA) is 52.7 Å². The van der Waals surface area contributed by atoms with Gasteiger partial charge in [0.1, 0.15) is 12.4 Å². The summed E-state index contributed by atoms with van der Waals surface area (Å²) in [6, 6.07) is 23.6. The second-order valence-corrected chi connectivity index (χ2v) is 9.80. The maximum atomic E-state index is 13.5. The van der Waals surface area contributed by atoms with Crippen LogP contribution in [0.2, 0.25) is 0 Å². The van der Waals surface area contributed by atoms with Crippen LogP contribution >= 0.6 is 11.3 Å². The summed E-state index contributed by atoms with van der Waals surface area (Å²) in [5.41, 5.74) is 1.57. The highest BCUT2D eigenvalue weighted by Gasteiger charge is 2.35. The number of fused-ring (bicyclic) bond motifs is 1. The van der Waals surface area contributed by atoms with Gasteiger partial charge in [-0.2, -0.15) is 0 Å². The Labute approximate surface area is 207 Å². The molecule has 7 heteroatoms. The number of carbonyl (C=O) groups excluding carboxylic acids is 2. The maximum Gasteiger partial charge on any atom is 0.322 e. The molecular weight excluding hydrogens is 461 g/mol. The van der Waals surface area contributed by atoms with E-state index >= 15 is 0 Å². The average molecular weight is 488 g/mol. The Hall–Kier alpha value is -3.71. The molecule has 0 bridgehead atoms. The number of nitrogens with zero attached hydrogens (tertiary/aromatic N) is 2. The number of hydrogen-bond donors (Lipinski definition) is 1. The molecule has 0 saturated heterocycles. The van der Waals surface area contributed by atoms with Gasteiger partial charge in [0, 0.05) is 22.8 Å². The third-order valence-electron chi connectivity index (χ3n) is 6.15. The van der Waals surface area contributed by atoms with E-state index in [4.69, 9.17) is 0 Å². The Kier molecular flexibility index (Phi) is 6.77. The van der Waals surface area contributed by atoms with Gasteiger partial charge in [0.15, 0.2) is 0 Å². The normalized spacial score (nSPS) is 12.9. The number of hydrogen-bond acceptors (Lipinski definition) is 3. The second-order valence-electron chi connectivity index (χ2n) is 8.77. The van der Waals surface area contributed by atoms with Crippen LogP contribution in [0.1, 0.15) is 23.3 Å². The monoisotopic (exact) mass is 487 g/mol. The van der Waals surface area contributed by atoms with Crippen molar-refractivity contribution in [2.45, 2.75) is 32.0 Å². The van der Waals surface area contributed by atoms with Crippen LogP contribution in [0.4, 0.5) is 14.9 Å². The van der Waals surface area contributed by atoms with E-state index in [0.717, 1.165) is 39.7 Å². The molecule has 1 N–H and O–H groups in total. The second kappa shape index (κ2) is 10.3. The van der Waals surface area contributed by atoms with Crippen molar-refractivity contribution in [2.24, 2.45) is 0 Å². The van der Waals surface area contributed by atoms with Gasteiger partial charge in [-0.25, -0.2) is 9.18 Å². The molecule has 0 radical (unpaired) electrons. The van der Waals surface area contributed by atoms with Crippen molar-refractivity contribution in [3.63, 3.8) is 0 Å². The van der Waals surface area contributed by atoms with Crippen molar-refractivity contribution in [1.82, 2.24) is 9.80 Å². The van der Waals surface area contributed by atoms with E-state index in [-0.39, 0.29) is 30.3 Å². The fourth-order valence-corrected chi connectivity index (χ4v) is 4.87. The van der Waals surface area contributed by atoms with E-state index in [9.17, 15) is 14.0 Å². The van der Waals surface area contributed by atoms with E-state index in [1.807, 2.05) is 60.0 Å². The summed E-state index contributed by atoms with van der Waals surface area (Å²) in [4.78, 5) is 31.2. The van der Waals surface area contributed by atoms with E-state index < -0.39 is 0 Å². The minimum absolute atomic E-state index is 0.00612. The fraction of sp³-hybridized carbons (Fsp3) is 0.214. The number of halogens is 1. The van der Waals surface area contributed by atoms with Crippen molar-refractivity contribution in [1.29, 1.82) is 0 Å². The molecule has 5 nitrogen and oxygen atoms in total. The zero-order chi connectivity index (χ0) is 24.2. The first-order valence-electron chi connectivity index (χ1n) is 11.7. The molecule has 1 aliphatic rings. The van der Waals surface area contributed by atoms with Crippen molar-refractivity contribution >= 4 is 39.7 Å². The molecule has 1 aromatic heterocycles. The van der Waals surface area contributed by atoms with Gasteiger partial charge in [-0.3, -0.25) is 4.79 Å². The third kappa shape index (κ3) is 5.69. The van der Waals surface area contributed by atoms with Crippen LogP contribution in [0.15, 0.2) is 84.2 Å². The minimum atomic E-state index is -0.310. The molecule has 1 aliphatic carbocycles. The molecule has 35 heavy (non-hydrogen) atoms. The molecule has 1 saturated carbocycles. The zero-order valence-corrected chi connectivity index (χ0v) is 20.0. The fourth-order valence-electron chi connectivity index (χ4n) is 4.15. The third-order valence-corrected chi connectivity index (χ3v) is 7.01. The molecule has 4 aromatic rings. The first-order chi connectivity index (χ1) is 17.1. The molecule has 0 aliphatic heterocycles. The highest BCUT2D eigenvalue weighted by Crippen LogP contribution is 2.29. The summed E-state index contributed by atoms with van der Waals surface area (Å²) in [6.07, 6.45) is 1.78. The van der Waals surface area contributed by atoms with Crippen LogP contribution in [0.25, 0.3) is 10.8 Å². The Morgan fingerprint density at radius 3 is 2.43 bits per heavy atom. The van der Waals surface area contributed by atoms with Crippen molar-refractivity contribution < 1.29 is 14.0 Å². The van der Waals surface area contributed by atoms with Gasteiger partial charge >= 0.3 is 6.03 Å². The van der Waals surface area contributed by atoms with E-state index in [1.165, 1.54) is 12.1 Å². The predicted molar refractivity (Wildman–Crippen MR) is 138 cm³/mol. The summed E-state index contributed by atoms with van der Waals surface area (Å²) < 4.78 is 13.4. The summed E-state index contributed by atoms with van der Waals surface area (Å²) >= 11 is 1.58. The average Bonchev–Trinajstić information content (AvgIpc) is 3.58. The highest BCUT2D eigenvalue weighted by molar-refractivity contribution is 7.09. The van der Waals surface area contributed by atoms with Gasteiger partial charge in [0.25, 0.3) is 0 Å². The van der Waals surface area contributed by atoms with Crippen LogP contribution in [-0.4, -0.2) is 34.3 Å². The quantitative estimate of drug-likeness (QED) is 0.319. The predicted octanol–water partition coefficient (Wildman–Crippen LogP) is 6.27. The van der Waals surface area contributed by atoms with Crippen LogP contribution < -0.4 is 5.32 Å². The molecule has 0 unspecified atom stereocenters. The number of anilines is 1. The maximum absolute atomic E-state index is 13.5. The molecule has 5 rings (SSSR count). The first-order valence-corrected chi connectivity index (χ1v) is 12.5. The molecule has 1 fully saturated rings. The van der Waals surface area contributed by atoms with Gasteiger partial charge in [0.2, 0.25) is 5.91 Å². The number of nitrogens with one attached hydrogen (secondary N) is 1. The first kappa shape index (κ1) is 23.1. The van der Waals surface area contributed by atoms with Gasteiger partial charge in [0.05, 0.1) is 12.2 Å². The number of rotatable bonds is 8. The largest absolute Gasteiger partial charge is 0.332 e. The molecular formula is C28H26FN3O2S. The molecule has 0 atom stereocenters. The lowest BCUT2D eigenvalue weighted by atomic mass is 10.1. The molecule has 3 amide bonds. The van der Waals surface area contributed by atoms with Gasteiger partial charge in [-0.1, -0.05) is 54.6 Å². The summed E-state index contributed by atoms with van der Waals surface area (Å²) in [7, 11) is 0. The molecule has 0 spiro atoms. The minimum Gasteiger partial charge on any atom is -0.332 e. The molecule has 178 valence electrons. The Balaban J connectivity index is 1.33. The number of thiophene rings is 1. The summed E-state index contributed by atoms with van der Waals surface area (Å²) in [5, 5.41) is 7.01. The highest BCUT2D eigenvalue weighted by atomic mass is 32.1. The summed E-state index contributed by atoms with van der Waals surface area (Å²) in [6.45, 7) is 0.783. The van der Waals surface area contributed by atoms with Crippen LogP contribution in [0, 0.1) is 5.82 Å². The van der Waals surface area contributed by atoms with E-state index in [2.05, 4.69) is 5.32 Å². The Morgan fingerprint density at radius 1 is 0.914 bits per heavy atom. The molecule has 3 aromatic carbocycles. The Bertz CT molecular complexity index is 1310. The van der Waals surface area contributed by atoms with Crippen molar-refractivity contribution in [3.8, 4) is 0 Å². The number of urea groups is 1. The van der Waals surface area contributed by atoms with Crippen molar-refractivity contribution in [2.75, 3.05) is 11.9 Å². The standard InChI is InChI=1S/C28H26FN3O2S/c29-22-12-10-20(11-13-22)17-31(18-24-7-4-16-35-24)27(33)19-32(23-14-15-23)28(34)30-26-9-3-6-21-5-1-2-8-25(21)26/h1-13,16,23H,14-15,17-19H2,(H,30,34). The van der Waals surface area contributed by atoms with Crippen LogP contribution in [0.5, 0.6) is 0 Å². The van der Waals surface area contributed by atoms with Gasteiger partial charge < -0.3 is 15.1 Å². The van der Waals surface area contributed by atoms with Crippen molar-refractivity contribution in [3.05, 3.63) is 101 Å². The van der Waals surface area contributed by atoms with Gasteiger partial charge in [-0.15, -0.1) is 11.3 Å². The number of amides is 3. The zero-order valence-electron chi connectivity index (χ0n) is 19.2. The van der Waals surface area contributed by atoms with E-state index in [1.54, 1.807) is 33.3 Å². The lowest BCUT2D eigenvalue weighted by Gasteiger charge is -2.28. The smallest absolute Gasteiger partial charge is 0.322 e. The SMILES string of the molecule is O=C(CN(C(=O)Nc1cccc2ccccc12)C1CC1)N(Cc1ccc(F)cc1)Cc1cccs1. The molecule has 1 heterocycles. The van der Waals surface area contributed by atoms with Gasteiger partial charge in [-0.05, 0) is 53.4 Å².